The van der Waals surface area contributed by atoms with E-state index < -0.39 is 0 Å². The van der Waals surface area contributed by atoms with E-state index in [4.69, 9.17) is 0 Å². The third kappa shape index (κ3) is 4.48. The van der Waals surface area contributed by atoms with Crippen molar-refractivity contribution in [3.05, 3.63) is 78.4 Å². The normalized spacial score (nSPS) is 15.6. The third-order valence-electron chi connectivity index (χ3n) is 4.37. The lowest BCUT2D eigenvalue weighted by molar-refractivity contribution is -0.125. The highest BCUT2D eigenvalue weighted by molar-refractivity contribution is 5.87. The van der Waals surface area contributed by atoms with Crippen LogP contribution in [0, 0.1) is 0 Å². The molecular weight excluding hydrogens is 296 g/mol. The number of anilines is 1. The number of amides is 1. The molecule has 2 aromatic carbocycles. The van der Waals surface area contributed by atoms with Gasteiger partial charge in [-0.2, -0.15) is 0 Å². The van der Waals surface area contributed by atoms with Crippen LogP contribution in [0.5, 0.6) is 0 Å². The van der Waals surface area contributed by atoms with Gasteiger partial charge in [0, 0.05) is 18.8 Å². The second-order valence-electron chi connectivity index (χ2n) is 6.14. The van der Waals surface area contributed by atoms with Crippen molar-refractivity contribution in [2.45, 2.75) is 25.3 Å². The molecule has 0 bridgehead atoms. The van der Waals surface area contributed by atoms with Crippen molar-refractivity contribution in [1.82, 2.24) is 4.90 Å². The molecule has 2 aromatic rings. The summed E-state index contributed by atoms with van der Waals surface area (Å²) in [5, 5.41) is 3.56. The number of carbonyl (C=O) groups is 1. The predicted molar refractivity (Wildman–Crippen MR) is 98.8 cm³/mol. The smallest absolute Gasteiger partial charge is 0.246 e. The Morgan fingerprint density at radius 1 is 1.00 bits per heavy atom. The molecule has 1 aliphatic rings. The summed E-state index contributed by atoms with van der Waals surface area (Å²) >= 11 is 0. The maximum absolute atomic E-state index is 12.1. The molecule has 1 N–H and O–H groups in total. The van der Waals surface area contributed by atoms with E-state index in [0.29, 0.717) is 0 Å². The molecule has 1 unspecified atom stereocenters. The average molecular weight is 320 g/mol. The van der Waals surface area contributed by atoms with E-state index in [1.165, 1.54) is 5.56 Å². The van der Waals surface area contributed by atoms with Gasteiger partial charge < -0.3 is 10.2 Å². The van der Waals surface area contributed by atoms with Gasteiger partial charge in [0.1, 0.15) is 0 Å². The van der Waals surface area contributed by atoms with Crippen LogP contribution in [0.3, 0.4) is 0 Å². The lowest BCUT2D eigenvalue weighted by Crippen LogP contribution is -2.25. The second-order valence-corrected chi connectivity index (χ2v) is 6.14. The first-order valence-corrected chi connectivity index (χ1v) is 8.65. The van der Waals surface area contributed by atoms with E-state index in [9.17, 15) is 4.79 Å². The van der Waals surface area contributed by atoms with E-state index in [1.807, 2.05) is 47.4 Å². The number of carbonyl (C=O) groups excluding carboxylic acids is 1. The zero-order valence-corrected chi connectivity index (χ0v) is 13.9. The maximum atomic E-state index is 12.1. The van der Waals surface area contributed by atoms with Gasteiger partial charge in [0.2, 0.25) is 5.91 Å². The van der Waals surface area contributed by atoms with Crippen LogP contribution in [0.25, 0.3) is 0 Å². The first-order valence-electron chi connectivity index (χ1n) is 8.65. The predicted octanol–water partition coefficient (Wildman–Crippen LogP) is 4.41. The number of likely N-dealkylation sites (tertiary alicyclic amines) is 1. The Kier molecular flexibility index (Phi) is 5.67. The fourth-order valence-corrected chi connectivity index (χ4v) is 3.05. The van der Waals surface area contributed by atoms with Crippen LogP contribution in [0.15, 0.2) is 72.8 Å². The number of hydrogen-bond donors (Lipinski definition) is 1. The Bertz CT molecular complexity index is 661. The Morgan fingerprint density at radius 3 is 2.29 bits per heavy atom. The first kappa shape index (κ1) is 16.3. The molecular formula is C21H24N2O. The standard InChI is InChI=1S/C21H24N2O/c24-21(23-16-7-8-17-23)15-9-14-20(18-10-3-1-4-11-18)22-19-12-5-2-6-13-19/h1-6,9-13,15,20,22H,7-8,14,16-17H2/b15-9+. The molecule has 0 aliphatic carbocycles. The van der Waals surface area contributed by atoms with Crippen molar-refractivity contribution in [3.63, 3.8) is 0 Å². The minimum Gasteiger partial charge on any atom is -0.378 e. The Hall–Kier alpha value is -2.55. The summed E-state index contributed by atoms with van der Waals surface area (Å²) in [4.78, 5) is 14.1. The fraction of sp³-hybridized carbons (Fsp3) is 0.286. The summed E-state index contributed by atoms with van der Waals surface area (Å²) in [6.07, 6.45) is 6.75. The molecule has 24 heavy (non-hydrogen) atoms. The van der Waals surface area contributed by atoms with Gasteiger partial charge in [-0.15, -0.1) is 0 Å². The summed E-state index contributed by atoms with van der Waals surface area (Å²) in [5.74, 6) is 0.138. The van der Waals surface area contributed by atoms with E-state index in [2.05, 4.69) is 29.6 Å². The molecule has 0 spiro atoms. The molecule has 3 heteroatoms. The Balaban J connectivity index is 1.67. The van der Waals surface area contributed by atoms with Crippen LogP contribution in [-0.2, 0) is 4.79 Å². The molecule has 1 fully saturated rings. The zero-order valence-electron chi connectivity index (χ0n) is 13.9. The third-order valence-corrected chi connectivity index (χ3v) is 4.37. The fourth-order valence-electron chi connectivity index (χ4n) is 3.05. The van der Waals surface area contributed by atoms with Gasteiger partial charge in [-0.05, 0) is 43.0 Å². The molecule has 1 aliphatic heterocycles. The number of rotatable bonds is 6. The molecule has 3 nitrogen and oxygen atoms in total. The first-order chi connectivity index (χ1) is 11.8. The van der Waals surface area contributed by atoms with Gasteiger partial charge in [0.15, 0.2) is 0 Å². The summed E-state index contributed by atoms with van der Waals surface area (Å²) in [5.41, 5.74) is 2.31. The highest BCUT2D eigenvalue weighted by atomic mass is 16.2. The summed E-state index contributed by atoms with van der Waals surface area (Å²) < 4.78 is 0. The quantitative estimate of drug-likeness (QED) is 0.800. The lowest BCUT2D eigenvalue weighted by atomic mass is 10.0. The molecule has 0 aromatic heterocycles. The number of para-hydroxylation sites is 1. The van der Waals surface area contributed by atoms with Crippen molar-refractivity contribution in [2.75, 3.05) is 18.4 Å². The zero-order chi connectivity index (χ0) is 16.6. The van der Waals surface area contributed by atoms with E-state index in [1.54, 1.807) is 6.08 Å². The largest absolute Gasteiger partial charge is 0.378 e. The number of nitrogens with one attached hydrogen (secondary N) is 1. The van der Waals surface area contributed by atoms with Gasteiger partial charge in [0.25, 0.3) is 0 Å². The highest BCUT2D eigenvalue weighted by Gasteiger charge is 2.15. The molecule has 0 saturated carbocycles. The molecule has 0 radical (unpaired) electrons. The molecule has 124 valence electrons. The van der Waals surface area contributed by atoms with E-state index in [0.717, 1.165) is 38.0 Å². The van der Waals surface area contributed by atoms with Gasteiger partial charge in [0.05, 0.1) is 6.04 Å². The minimum absolute atomic E-state index is 0.138. The molecule has 1 amide bonds. The maximum Gasteiger partial charge on any atom is 0.246 e. The van der Waals surface area contributed by atoms with Gasteiger partial charge in [-0.25, -0.2) is 0 Å². The topological polar surface area (TPSA) is 32.3 Å². The Morgan fingerprint density at radius 2 is 1.62 bits per heavy atom. The number of nitrogens with zero attached hydrogens (tertiary/aromatic N) is 1. The van der Waals surface area contributed by atoms with Crippen LogP contribution in [0.4, 0.5) is 5.69 Å². The van der Waals surface area contributed by atoms with Crippen molar-refractivity contribution in [1.29, 1.82) is 0 Å². The van der Waals surface area contributed by atoms with Crippen LogP contribution in [0.1, 0.15) is 30.9 Å². The molecule has 1 heterocycles. The SMILES string of the molecule is O=C(/C=C/CC(Nc1ccccc1)c1ccccc1)N1CCCC1. The number of benzene rings is 2. The average Bonchev–Trinajstić information content (AvgIpc) is 3.17. The van der Waals surface area contributed by atoms with E-state index >= 15 is 0 Å². The second kappa shape index (κ2) is 8.34. The summed E-state index contributed by atoms with van der Waals surface area (Å²) in [6.45, 7) is 1.79. The van der Waals surface area contributed by atoms with Crippen LogP contribution in [0.2, 0.25) is 0 Å². The van der Waals surface area contributed by atoms with Crippen LogP contribution in [-0.4, -0.2) is 23.9 Å². The van der Waals surface area contributed by atoms with Crippen LogP contribution < -0.4 is 5.32 Å². The highest BCUT2D eigenvalue weighted by Crippen LogP contribution is 2.23. The molecule has 1 atom stereocenters. The van der Waals surface area contributed by atoms with Crippen molar-refractivity contribution in [3.8, 4) is 0 Å². The van der Waals surface area contributed by atoms with E-state index in [-0.39, 0.29) is 11.9 Å². The summed E-state index contributed by atoms with van der Waals surface area (Å²) in [6, 6.07) is 20.7. The van der Waals surface area contributed by atoms with Gasteiger partial charge in [-0.3, -0.25) is 4.79 Å². The lowest BCUT2D eigenvalue weighted by Gasteiger charge is -2.19. The Labute approximate surface area is 144 Å². The van der Waals surface area contributed by atoms with Gasteiger partial charge >= 0.3 is 0 Å². The van der Waals surface area contributed by atoms with Crippen LogP contribution >= 0.6 is 0 Å². The van der Waals surface area contributed by atoms with Crippen molar-refractivity contribution >= 4 is 11.6 Å². The summed E-state index contributed by atoms with van der Waals surface area (Å²) in [7, 11) is 0. The molecule has 1 saturated heterocycles. The molecule has 3 rings (SSSR count). The number of hydrogen-bond acceptors (Lipinski definition) is 2. The van der Waals surface area contributed by atoms with Crippen molar-refractivity contribution in [2.24, 2.45) is 0 Å². The van der Waals surface area contributed by atoms with Crippen molar-refractivity contribution < 1.29 is 4.79 Å². The van der Waals surface area contributed by atoms with Gasteiger partial charge in [-0.1, -0.05) is 54.6 Å². The minimum atomic E-state index is 0.138. The monoisotopic (exact) mass is 320 g/mol.